The van der Waals surface area contributed by atoms with E-state index in [0.717, 1.165) is 39.5 Å². The van der Waals surface area contributed by atoms with Crippen LogP contribution in [0.25, 0.3) is 0 Å². The van der Waals surface area contributed by atoms with Crippen molar-refractivity contribution in [2.45, 2.75) is 25.3 Å². The SMILES string of the molecule is CC1(NC(=O)c2cc(Br)ccc2I)CCNCC1. The number of benzene rings is 1. The summed E-state index contributed by atoms with van der Waals surface area (Å²) in [4.78, 5) is 12.3. The van der Waals surface area contributed by atoms with Gasteiger partial charge in [0.2, 0.25) is 0 Å². The van der Waals surface area contributed by atoms with Gasteiger partial charge in [-0.2, -0.15) is 0 Å². The number of rotatable bonds is 2. The zero-order valence-electron chi connectivity index (χ0n) is 10.2. The van der Waals surface area contributed by atoms with Gasteiger partial charge in [0, 0.05) is 13.6 Å². The summed E-state index contributed by atoms with van der Waals surface area (Å²) in [5, 5.41) is 6.49. The molecule has 0 atom stereocenters. The van der Waals surface area contributed by atoms with Gasteiger partial charge < -0.3 is 10.6 Å². The minimum Gasteiger partial charge on any atom is -0.347 e. The highest BCUT2D eigenvalue weighted by Gasteiger charge is 2.29. The number of amides is 1. The maximum atomic E-state index is 12.3. The molecule has 1 aromatic carbocycles. The highest BCUT2D eigenvalue weighted by atomic mass is 127. The molecule has 1 heterocycles. The van der Waals surface area contributed by atoms with Gasteiger partial charge in [-0.3, -0.25) is 4.79 Å². The smallest absolute Gasteiger partial charge is 0.252 e. The topological polar surface area (TPSA) is 41.1 Å². The molecular weight excluding hydrogens is 407 g/mol. The Balaban J connectivity index is 2.14. The average molecular weight is 423 g/mol. The van der Waals surface area contributed by atoms with E-state index in [2.05, 4.69) is 56.1 Å². The molecule has 1 aliphatic heterocycles. The standard InChI is InChI=1S/C13H16BrIN2O/c1-13(4-6-16-7-5-13)17-12(18)10-8-9(14)2-3-11(10)15/h2-3,8,16H,4-7H2,1H3,(H,17,18). The van der Waals surface area contributed by atoms with Crippen molar-refractivity contribution in [2.75, 3.05) is 13.1 Å². The molecule has 0 aliphatic carbocycles. The highest BCUT2D eigenvalue weighted by molar-refractivity contribution is 14.1. The third-order valence-corrected chi connectivity index (χ3v) is 4.73. The molecule has 2 rings (SSSR count). The normalized spacial score (nSPS) is 18.4. The Morgan fingerprint density at radius 1 is 1.44 bits per heavy atom. The van der Waals surface area contributed by atoms with Crippen LogP contribution in [0.3, 0.4) is 0 Å². The van der Waals surface area contributed by atoms with Gasteiger partial charge in [-0.05, 0) is 73.6 Å². The minimum absolute atomic E-state index is 0.0186. The molecule has 98 valence electrons. The number of hydrogen-bond donors (Lipinski definition) is 2. The summed E-state index contributed by atoms with van der Waals surface area (Å²) in [7, 11) is 0. The third-order valence-electron chi connectivity index (χ3n) is 3.30. The number of carbonyl (C=O) groups is 1. The van der Waals surface area contributed by atoms with E-state index in [1.165, 1.54) is 0 Å². The Hall–Kier alpha value is -0.140. The Morgan fingerprint density at radius 2 is 2.11 bits per heavy atom. The van der Waals surface area contributed by atoms with Gasteiger partial charge in [0.25, 0.3) is 5.91 Å². The van der Waals surface area contributed by atoms with Crippen molar-refractivity contribution in [3.8, 4) is 0 Å². The molecule has 0 unspecified atom stereocenters. The molecule has 5 heteroatoms. The summed E-state index contributed by atoms with van der Waals surface area (Å²) in [5.74, 6) is 0.0186. The third kappa shape index (κ3) is 3.45. The van der Waals surface area contributed by atoms with Crippen molar-refractivity contribution < 1.29 is 4.79 Å². The quantitative estimate of drug-likeness (QED) is 0.719. The summed E-state index contributed by atoms with van der Waals surface area (Å²) < 4.78 is 1.91. The van der Waals surface area contributed by atoms with Crippen molar-refractivity contribution in [3.63, 3.8) is 0 Å². The molecule has 1 saturated heterocycles. The van der Waals surface area contributed by atoms with Crippen molar-refractivity contribution >= 4 is 44.4 Å². The molecule has 0 saturated carbocycles. The molecule has 2 N–H and O–H groups in total. The van der Waals surface area contributed by atoms with Crippen LogP contribution in [0.5, 0.6) is 0 Å². The lowest BCUT2D eigenvalue weighted by molar-refractivity contribution is 0.0886. The molecule has 0 aromatic heterocycles. The zero-order chi connectivity index (χ0) is 13.2. The second kappa shape index (κ2) is 5.88. The van der Waals surface area contributed by atoms with E-state index in [0.29, 0.717) is 0 Å². The molecule has 0 spiro atoms. The number of hydrogen-bond acceptors (Lipinski definition) is 2. The van der Waals surface area contributed by atoms with Crippen molar-refractivity contribution in [2.24, 2.45) is 0 Å². The molecule has 3 nitrogen and oxygen atoms in total. The largest absolute Gasteiger partial charge is 0.347 e. The summed E-state index contributed by atoms with van der Waals surface area (Å²) in [6.07, 6.45) is 1.95. The molecule has 1 amide bonds. The minimum atomic E-state index is -0.0896. The maximum absolute atomic E-state index is 12.3. The summed E-state index contributed by atoms with van der Waals surface area (Å²) in [5.41, 5.74) is 0.651. The van der Waals surface area contributed by atoms with Gasteiger partial charge in [-0.15, -0.1) is 0 Å². The van der Waals surface area contributed by atoms with Gasteiger partial charge in [0.15, 0.2) is 0 Å². The summed E-state index contributed by atoms with van der Waals surface area (Å²) in [6, 6.07) is 5.77. The highest BCUT2D eigenvalue weighted by Crippen LogP contribution is 2.21. The van der Waals surface area contributed by atoms with Crippen LogP contribution in [0.15, 0.2) is 22.7 Å². The fraction of sp³-hybridized carbons (Fsp3) is 0.462. The molecule has 18 heavy (non-hydrogen) atoms. The Labute approximate surface area is 129 Å². The monoisotopic (exact) mass is 422 g/mol. The predicted molar refractivity (Wildman–Crippen MR) is 84.8 cm³/mol. The van der Waals surface area contributed by atoms with E-state index >= 15 is 0 Å². The van der Waals surface area contributed by atoms with Crippen LogP contribution in [0, 0.1) is 3.57 Å². The Morgan fingerprint density at radius 3 is 2.78 bits per heavy atom. The van der Waals surface area contributed by atoms with E-state index < -0.39 is 0 Å². The average Bonchev–Trinajstić information content (AvgIpc) is 2.32. The van der Waals surface area contributed by atoms with E-state index in [9.17, 15) is 4.79 Å². The summed E-state index contributed by atoms with van der Waals surface area (Å²) in [6.45, 7) is 4.05. The van der Waals surface area contributed by atoms with Gasteiger partial charge in [-0.25, -0.2) is 0 Å². The van der Waals surface area contributed by atoms with E-state index in [4.69, 9.17) is 0 Å². The fourth-order valence-corrected chi connectivity index (χ4v) is 3.06. The Bertz CT molecular complexity index is 458. The lowest BCUT2D eigenvalue weighted by atomic mass is 9.90. The molecule has 1 aromatic rings. The van der Waals surface area contributed by atoms with Crippen molar-refractivity contribution in [1.29, 1.82) is 0 Å². The van der Waals surface area contributed by atoms with Crippen LogP contribution in [-0.4, -0.2) is 24.5 Å². The first-order valence-corrected chi connectivity index (χ1v) is 7.86. The second-order valence-corrected chi connectivity index (χ2v) is 6.97. The first kappa shape index (κ1) is 14.3. The van der Waals surface area contributed by atoms with Gasteiger partial charge in [-0.1, -0.05) is 15.9 Å². The maximum Gasteiger partial charge on any atom is 0.252 e. The van der Waals surface area contributed by atoms with Crippen LogP contribution in [0.1, 0.15) is 30.1 Å². The second-order valence-electron chi connectivity index (χ2n) is 4.89. The van der Waals surface area contributed by atoms with Gasteiger partial charge in [0.05, 0.1) is 5.56 Å². The van der Waals surface area contributed by atoms with Crippen LogP contribution in [0.2, 0.25) is 0 Å². The lowest BCUT2D eigenvalue weighted by Crippen LogP contribution is -2.52. The van der Waals surface area contributed by atoms with E-state index in [1.54, 1.807) is 0 Å². The predicted octanol–water partition coefficient (Wildman–Crippen LogP) is 2.93. The van der Waals surface area contributed by atoms with Crippen LogP contribution in [0.4, 0.5) is 0 Å². The number of carbonyl (C=O) groups excluding carboxylic acids is 1. The molecular formula is C13H16BrIN2O. The molecule has 1 fully saturated rings. The molecule has 0 bridgehead atoms. The van der Waals surface area contributed by atoms with Crippen molar-refractivity contribution in [3.05, 3.63) is 31.8 Å². The van der Waals surface area contributed by atoms with Crippen molar-refractivity contribution in [1.82, 2.24) is 10.6 Å². The number of halogens is 2. The molecule has 0 radical (unpaired) electrons. The van der Waals surface area contributed by atoms with Crippen LogP contribution < -0.4 is 10.6 Å². The van der Waals surface area contributed by atoms with Crippen LogP contribution >= 0.6 is 38.5 Å². The number of piperidine rings is 1. The number of nitrogens with one attached hydrogen (secondary N) is 2. The van der Waals surface area contributed by atoms with Crippen LogP contribution in [-0.2, 0) is 0 Å². The summed E-state index contributed by atoms with van der Waals surface area (Å²) >= 11 is 5.61. The first-order chi connectivity index (χ1) is 8.50. The molecule has 1 aliphatic rings. The van der Waals surface area contributed by atoms with Gasteiger partial charge in [0.1, 0.15) is 0 Å². The van der Waals surface area contributed by atoms with E-state index in [-0.39, 0.29) is 11.4 Å². The van der Waals surface area contributed by atoms with Gasteiger partial charge >= 0.3 is 0 Å². The Kier molecular flexibility index (Phi) is 4.66. The van der Waals surface area contributed by atoms with E-state index in [1.807, 2.05) is 18.2 Å². The fourth-order valence-electron chi connectivity index (χ4n) is 2.12. The zero-order valence-corrected chi connectivity index (χ0v) is 14.0. The lowest BCUT2D eigenvalue weighted by Gasteiger charge is -2.35. The first-order valence-electron chi connectivity index (χ1n) is 5.98.